The predicted octanol–water partition coefficient (Wildman–Crippen LogP) is 4.46. The molecule has 2 N–H and O–H groups in total. The Kier molecular flexibility index (Phi) is 7.58. The zero-order valence-electron chi connectivity index (χ0n) is 18.2. The second-order valence-corrected chi connectivity index (χ2v) is 9.26. The number of rotatable bonds is 9. The first-order valence-electron chi connectivity index (χ1n) is 11.0. The number of imide groups is 1. The molecular formula is C27H26N2O3S. The molecule has 3 aromatic carbocycles. The average Bonchev–Trinajstić information content (AvgIpc) is 3.16. The van der Waals surface area contributed by atoms with Crippen LogP contribution in [0, 0.1) is 0 Å². The van der Waals surface area contributed by atoms with E-state index in [0.717, 1.165) is 40.4 Å². The molecule has 1 heterocycles. The smallest absolute Gasteiger partial charge is 0.286 e. The van der Waals surface area contributed by atoms with Crippen molar-refractivity contribution in [1.82, 2.24) is 10.6 Å². The molecule has 5 nitrogen and oxygen atoms in total. The van der Waals surface area contributed by atoms with Crippen LogP contribution in [0.4, 0.5) is 4.79 Å². The summed E-state index contributed by atoms with van der Waals surface area (Å²) in [6.07, 6.45) is 1.65. The van der Waals surface area contributed by atoms with Crippen molar-refractivity contribution in [1.29, 1.82) is 0 Å². The van der Waals surface area contributed by atoms with Crippen LogP contribution in [0.2, 0.25) is 0 Å². The summed E-state index contributed by atoms with van der Waals surface area (Å²) in [5.74, 6) is -0.177. The minimum atomic E-state index is -0.357. The van der Waals surface area contributed by atoms with E-state index in [1.165, 1.54) is 0 Å². The molecular weight excluding hydrogens is 432 g/mol. The van der Waals surface area contributed by atoms with E-state index in [1.54, 1.807) is 0 Å². The van der Waals surface area contributed by atoms with Crippen LogP contribution < -0.4 is 10.6 Å². The van der Waals surface area contributed by atoms with Crippen molar-refractivity contribution < 1.29 is 14.4 Å². The van der Waals surface area contributed by atoms with Crippen molar-refractivity contribution in [3.63, 3.8) is 0 Å². The fourth-order valence-electron chi connectivity index (χ4n) is 3.99. The summed E-state index contributed by atoms with van der Waals surface area (Å²) in [6.45, 7) is 0.559. The van der Waals surface area contributed by atoms with Gasteiger partial charge >= 0.3 is 0 Å². The second-order valence-electron chi connectivity index (χ2n) is 8.08. The van der Waals surface area contributed by atoms with Crippen molar-refractivity contribution in [2.75, 3.05) is 6.54 Å². The van der Waals surface area contributed by atoms with Gasteiger partial charge in [0, 0.05) is 18.9 Å². The van der Waals surface area contributed by atoms with Crippen LogP contribution >= 0.6 is 11.8 Å². The number of thioether (sulfide) groups is 1. The molecule has 1 saturated heterocycles. The van der Waals surface area contributed by atoms with Crippen molar-refractivity contribution in [2.45, 2.75) is 30.4 Å². The Labute approximate surface area is 198 Å². The highest BCUT2D eigenvalue weighted by molar-refractivity contribution is 8.15. The zero-order chi connectivity index (χ0) is 23.0. The summed E-state index contributed by atoms with van der Waals surface area (Å²) in [4.78, 5) is 35.7. The van der Waals surface area contributed by atoms with Gasteiger partial charge in [0.2, 0.25) is 11.8 Å². The fraction of sp³-hybridized carbons (Fsp3) is 0.222. The molecule has 0 aromatic heterocycles. The Morgan fingerprint density at radius 2 is 1.42 bits per heavy atom. The highest BCUT2D eigenvalue weighted by Gasteiger charge is 2.31. The maximum absolute atomic E-state index is 12.7. The number of nitrogens with one attached hydrogen (secondary N) is 2. The summed E-state index contributed by atoms with van der Waals surface area (Å²) in [5.41, 5.74) is 4.38. The largest absolute Gasteiger partial charge is 0.356 e. The monoisotopic (exact) mass is 458 g/mol. The van der Waals surface area contributed by atoms with E-state index in [2.05, 4.69) is 34.9 Å². The summed E-state index contributed by atoms with van der Waals surface area (Å²) in [6, 6.07) is 28.2. The van der Waals surface area contributed by atoms with E-state index in [4.69, 9.17) is 0 Å². The van der Waals surface area contributed by atoms with Gasteiger partial charge in [-0.25, -0.2) is 0 Å². The van der Waals surface area contributed by atoms with Crippen LogP contribution in [0.15, 0.2) is 84.9 Å². The lowest BCUT2D eigenvalue weighted by Gasteiger charge is -2.18. The quantitative estimate of drug-likeness (QED) is 0.496. The number of carbonyl (C=O) groups is 3. The second kappa shape index (κ2) is 11.0. The van der Waals surface area contributed by atoms with Gasteiger partial charge in [-0.05, 0) is 35.1 Å². The molecule has 0 spiro atoms. The minimum absolute atomic E-state index is 0.0178. The molecule has 168 valence electrons. The van der Waals surface area contributed by atoms with Crippen LogP contribution in [0.5, 0.6) is 0 Å². The Balaban J connectivity index is 1.28. The van der Waals surface area contributed by atoms with E-state index in [9.17, 15) is 14.4 Å². The summed E-state index contributed by atoms with van der Waals surface area (Å²) in [5, 5.41) is 4.73. The number of benzene rings is 3. The normalized spacial score (nSPS) is 15.5. The molecule has 0 bridgehead atoms. The van der Waals surface area contributed by atoms with E-state index >= 15 is 0 Å². The molecule has 0 aliphatic carbocycles. The van der Waals surface area contributed by atoms with Crippen LogP contribution in [0.3, 0.4) is 0 Å². The van der Waals surface area contributed by atoms with Gasteiger partial charge in [0.15, 0.2) is 0 Å². The molecule has 1 atom stereocenters. The molecule has 4 rings (SSSR count). The highest BCUT2D eigenvalue weighted by atomic mass is 32.2. The van der Waals surface area contributed by atoms with Crippen LogP contribution in [-0.2, 0) is 22.4 Å². The van der Waals surface area contributed by atoms with Gasteiger partial charge < -0.3 is 5.32 Å². The first-order valence-corrected chi connectivity index (χ1v) is 11.9. The Morgan fingerprint density at radius 3 is 1.97 bits per heavy atom. The molecule has 0 radical (unpaired) electrons. The van der Waals surface area contributed by atoms with Gasteiger partial charge in [0.1, 0.15) is 0 Å². The number of hydrogen-bond donors (Lipinski definition) is 2. The lowest BCUT2D eigenvalue weighted by Crippen LogP contribution is -2.27. The number of carbonyl (C=O) groups excluding carboxylic acids is 3. The third-order valence-electron chi connectivity index (χ3n) is 5.74. The number of hydrogen-bond acceptors (Lipinski definition) is 4. The zero-order valence-corrected chi connectivity index (χ0v) is 19.0. The SMILES string of the molecule is O=C(CC(c1ccccc1)c1ccccc1)NCCc1ccc(C[C@@H]2SC(=O)NC2=O)cc1. The summed E-state index contributed by atoms with van der Waals surface area (Å²) < 4.78 is 0. The maximum Gasteiger partial charge on any atom is 0.286 e. The van der Waals surface area contributed by atoms with Crippen LogP contribution in [0.1, 0.15) is 34.6 Å². The fourth-order valence-corrected chi connectivity index (χ4v) is 4.85. The average molecular weight is 459 g/mol. The van der Waals surface area contributed by atoms with E-state index in [-0.39, 0.29) is 28.2 Å². The number of amides is 3. The van der Waals surface area contributed by atoms with Crippen molar-refractivity contribution >= 4 is 28.8 Å². The summed E-state index contributed by atoms with van der Waals surface area (Å²) in [7, 11) is 0. The van der Waals surface area contributed by atoms with Gasteiger partial charge in [0.05, 0.1) is 5.25 Å². The lowest BCUT2D eigenvalue weighted by molar-refractivity contribution is -0.121. The lowest BCUT2D eigenvalue weighted by atomic mass is 9.88. The van der Waals surface area contributed by atoms with E-state index in [1.807, 2.05) is 60.7 Å². The maximum atomic E-state index is 12.7. The molecule has 33 heavy (non-hydrogen) atoms. The molecule has 1 aliphatic rings. The molecule has 3 aromatic rings. The topological polar surface area (TPSA) is 75.3 Å². The van der Waals surface area contributed by atoms with Crippen LogP contribution in [-0.4, -0.2) is 28.8 Å². The molecule has 1 fully saturated rings. The van der Waals surface area contributed by atoms with Crippen molar-refractivity contribution in [2.24, 2.45) is 0 Å². The summed E-state index contributed by atoms with van der Waals surface area (Å²) >= 11 is 1.04. The van der Waals surface area contributed by atoms with Gasteiger partial charge in [-0.3, -0.25) is 19.7 Å². The molecule has 3 amide bonds. The minimum Gasteiger partial charge on any atom is -0.356 e. The van der Waals surface area contributed by atoms with Gasteiger partial charge in [-0.2, -0.15) is 0 Å². The van der Waals surface area contributed by atoms with E-state index < -0.39 is 0 Å². The van der Waals surface area contributed by atoms with Crippen LogP contribution in [0.25, 0.3) is 0 Å². The van der Waals surface area contributed by atoms with Gasteiger partial charge in [-0.1, -0.05) is 96.7 Å². The van der Waals surface area contributed by atoms with E-state index in [0.29, 0.717) is 19.4 Å². The van der Waals surface area contributed by atoms with Crippen molar-refractivity contribution in [3.8, 4) is 0 Å². The third kappa shape index (κ3) is 6.33. The Morgan fingerprint density at radius 1 is 0.848 bits per heavy atom. The van der Waals surface area contributed by atoms with Gasteiger partial charge in [-0.15, -0.1) is 0 Å². The molecule has 0 saturated carbocycles. The molecule has 1 aliphatic heterocycles. The Bertz CT molecular complexity index is 1060. The first-order chi connectivity index (χ1) is 16.1. The highest BCUT2D eigenvalue weighted by Crippen LogP contribution is 2.27. The van der Waals surface area contributed by atoms with Crippen molar-refractivity contribution in [3.05, 3.63) is 107 Å². The standard InChI is InChI=1S/C27H26N2O3S/c30-25(18-23(21-7-3-1-4-8-21)22-9-5-2-6-10-22)28-16-15-19-11-13-20(14-12-19)17-24-26(31)29-27(32)33-24/h1-14,23-24H,15-18H2,(H,28,30)(H,29,31,32)/t24-/m0/s1. The predicted molar refractivity (Wildman–Crippen MR) is 131 cm³/mol. The van der Waals surface area contributed by atoms with Gasteiger partial charge in [0.25, 0.3) is 5.24 Å². The first kappa shape index (κ1) is 22.8. The third-order valence-corrected chi connectivity index (χ3v) is 6.72. The molecule has 6 heteroatoms. The Hall–Kier alpha value is -3.38. The molecule has 0 unspecified atom stereocenters.